The van der Waals surface area contributed by atoms with E-state index in [1.165, 1.54) is 7.11 Å². The number of hydrogen-bond acceptors (Lipinski definition) is 6. The molecule has 0 bridgehead atoms. The zero-order valence-corrected chi connectivity index (χ0v) is 15.6. The zero-order chi connectivity index (χ0) is 19.2. The van der Waals surface area contributed by atoms with Gasteiger partial charge in [0, 0.05) is 11.1 Å². The van der Waals surface area contributed by atoms with E-state index in [0.29, 0.717) is 18.7 Å². The average Bonchev–Trinajstić information content (AvgIpc) is 2.69. The Labute approximate surface area is 158 Å². The molecule has 140 valence electrons. The van der Waals surface area contributed by atoms with Gasteiger partial charge in [0.05, 0.1) is 31.5 Å². The first-order chi connectivity index (χ1) is 13.1. The van der Waals surface area contributed by atoms with Crippen LogP contribution in [0.15, 0.2) is 48.5 Å². The summed E-state index contributed by atoms with van der Waals surface area (Å²) in [6.45, 7) is 5.06. The first-order valence-electron chi connectivity index (χ1n) is 8.80. The molecule has 0 amide bonds. The minimum atomic E-state index is -0.486. The van der Waals surface area contributed by atoms with Gasteiger partial charge in [0.25, 0.3) is 0 Å². The van der Waals surface area contributed by atoms with Gasteiger partial charge in [0.1, 0.15) is 11.5 Å². The summed E-state index contributed by atoms with van der Waals surface area (Å²) >= 11 is 0. The van der Waals surface area contributed by atoms with Crippen LogP contribution in [-0.2, 0) is 4.74 Å². The van der Waals surface area contributed by atoms with E-state index in [1.54, 1.807) is 6.07 Å². The fraction of sp³-hybridized carbons (Fsp3) is 0.238. The molecule has 1 aromatic heterocycles. The summed E-state index contributed by atoms with van der Waals surface area (Å²) < 4.78 is 15.9. The van der Waals surface area contributed by atoms with E-state index in [0.717, 1.165) is 28.3 Å². The highest BCUT2D eigenvalue weighted by Gasteiger charge is 2.13. The average molecular weight is 366 g/mol. The van der Waals surface area contributed by atoms with Crippen LogP contribution >= 0.6 is 0 Å². The van der Waals surface area contributed by atoms with Crippen molar-refractivity contribution in [2.45, 2.75) is 13.8 Å². The molecule has 6 nitrogen and oxygen atoms in total. The molecule has 0 radical (unpaired) electrons. The molecule has 0 spiro atoms. The Bertz CT molecular complexity index is 939. The molecule has 0 aliphatic heterocycles. The number of carbonyl (C=O) groups excluding carboxylic acids is 1. The number of pyridine rings is 1. The van der Waals surface area contributed by atoms with E-state index in [1.807, 2.05) is 56.3 Å². The number of aromatic nitrogens is 1. The molecule has 0 fully saturated rings. The van der Waals surface area contributed by atoms with Crippen molar-refractivity contribution in [3.05, 3.63) is 54.2 Å². The number of nitrogens with one attached hydrogen (secondary N) is 1. The Morgan fingerprint density at radius 3 is 2.30 bits per heavy atom. The summed E-state index contributed by atoms with van der Waals surface area (Å²) in [5.74, 6) is 1.06. The summed E-state index contributed by atoms with van der Waals surface area (Å²) in [4.78, 5) is 16.4. The minimum Gasteiger partial charge on any atom is -0.494 e. The number of ether oxygens (including phenoxy) is 3. The quantitative estimate of drug-likeness (QED) is 0.618. The Kier molecular flexibility index (Phi) is 5.76. The lowest BCUT2D eigenvalue weighted by Gasteiger charge is -2.13. The van der Waals surface area contributed by atoms with Crippen LogP contribution in [0.1, 0.15) is 24.3 Å². The highest BCUT2D eigenvalue weighted by Crippen LogP contribution is 2.30. The fourth-order valence-electron chi connectivity index (χ4n) is 2.73. The highest BCUT2D eigenvalue weighted by molar-refractivity contribution is 5.99. The number of hydrogen-bond donors (Lipinski definition) is 1. The van der Waals surface area contributed by atoms with E-state index in [9.17, 15) is 4.79 Å². The second-order valence-electron chi connectivity index (χ2n) is 5.74. The van der Waals surface area contributed by atoms with Crippen LogP contribution in [0, 0.1) is 0 Å². The van der Waals surface area contributed by atoms with Gasteiger partial charge in [-0.1, -0.05) is 0 Å². The normalized spacial score (nSPS) is 10.5. The number of nitrogens with zero attached hydrogens (tertiary/aromatic N) is 1. The second kappa shape index (κ2) is 8.40. The molecular weight excluding hydrogens is 344 g/mol. The van der Waals surface area contributed by atoms with E-state index in [2.05, 4.69) is 10.3 Å². The van der Waals surface area contributed by atoms with Gasteiger partial charge >= 0.3 is 5.97 Å². The summed E-state index contributed by atoms with van der Waals surface area (Å²) in [6, 6.07) is 14.9. The Morgan fingerprint density at radius 1 is 0.963 bits per heavy atom. The smallest absolute Gasteiger partial charge is 0.356 e. The molecule has 0 aliphatic carbocycles. The third-order valence-electron chi connectivity index (χ3n) is 3.93. The predicted octanol–water partition coefficient (Wildman–Crippen LogP) is 4.56. The Morgan fingerprint density at radius 2 is 1.63 bits per heavy atom. The SMILES string of the molecule is CCOc1ccc(Nc2cc(C(=O)OC)nc3ccc(OCC)cc23)cc1. The second-order valence-corrected chi connectivity index (χ2v) is 5.74. The van der Waals surface area contributed by atoms with Gasteiger partial charge in [0.15, 0.2) is 5.69 Å². The number of anilines is 2. The van der Waals surface area contributed by atoms with Crippen molar-refractivity contribution < 1.29 is 19.0 Å². The van der Waals surface area contributed by atoms with Crippen molar-refractivity contribution in [2.24, 2.45) is 0 Å². The monoisotopic (exact) mass is 366 g/mol. The van der Waals surface area contributed by atoms with Crippen LogP contribution in [0.5, 0.6) is 11.5 Å². The van der Waals surface area contributed by atoms with Crippen molar-refractivity contribution in [3.8, 4) is 11.5 Å². The molecule has 0 saturated carbocycles. The van der Waals surface area contributed by atoms with Gasteiger partial charge in [-0.15, -0.1) is 0 Å². The first kappa shape index (κ1) is 18.5. The number of fused-ring (bicyclic) bond motifs is 1. The van der Waals surface area contributed by atoms with E-state index in [4.69, 9.17) is 14.2 Å². The standard InChI is InChI=1S/C21H22N2O4/c1-4-26-15-8-6-14(7-9-15)22-19-13-20(21(24)25-3)23-18-11-10-16(27-5-2)12-17(18)19/h6-13H,4-5H2,1-3H3,(H,22,23). The molecule has 1 heterocycles. The minimum absolute atomic E-state index is 0.239. The Balaban J connectivity index is 2.03. The first-order valence-corrected chi connectivity index (χ1v) is 8.80. The maximum atomic E-state index is 12.0. The van der Waals surface area contributed by atoms with Crippen LogP contribution in [0.4, 0.5) is 11.4 Å². The van der Waals surface area contributed by atoms with E-state index in [-0.39, 0.29) is 5.69 Å². The fourth-order valence-corrected chi connectivity index (χ4v) is 2.73. The van der Waals surface area contributed by atoms with Crippen LogP contribution in [0.2, 0.25) is 0 Å². The Hall–Kier alpha value is -3.28. The molecular formula is C21H22N2O4. The molecule has 1 N–H and O–H groups in total. The van der Waals surface area contributed by atoms with Crippen molar-refractivity contribution in [2.75, 3.05) is 25.6 Å². The third kappa shape index (κ3) is 4.28. The van der Waals surface area contributed by atoms with Crippen LogP contribution in [0.25, 0.3) is 10.9 Å². The molecule has 3 rings (SSSR count). The summed E-state index contributed by atoms with van der Waals surface area (Å²) in [6.07, 6.45) is 0. The predicted molar refractivity (Wildman–Crippen MR) is 105 cm³/mol. The maximum Gasteiger partial charge on any atom is 0.356 e. The molecule has 27 heavy (non-hydrogen) atoms. The molecule has 0 aliphatic rings. The van der Waals surface area contributed by atoms with Gasteiger partial charge in [-0.05, 0) is 62.4 Å². The number of benzene rings is 2. The molecule has 0 unspecified atom stereocenters. The summed E-state index contributed by atoms with van der Waals surface area (Å²) in [5.41, 5.74) is 2.52. The van der Waals surface area contributed by atoms with Gasteiger partial charge < -0.3 is 19.5 Å². The summed E-state index contributed by atoms with van der Waals surface area (Å²) in [7, 11) is 1.34. The maximum absolute atomic E-state index is 12.0. The van der Waals surface area contributed by atoms with Gasteiger partial charge in [0.2, 0.25) is 0 Å². The lowest BCUT2D eigenvalue weighted by Crippen LogP contribution is -2.06. The van der Waals surface area contributed by atoms with Gasteiger partial charge in [-0.3, -0.25) is 0 Å². The molecule has 0 atom stereocenters. The third-order valence-corrected chi connectivity index (χ3v) is 3.93. The van der Waals surface area contributed by atoms with Crippen molar-refractivity contribution in [1.82, 2.24) is 4.98 Å². The van der Waals surface area contributed by atoms with Crippen LogP contribution in [0.3, 0.4) is 0 Å². The largest absolute Gasteiger partial charge is 0.494 e. The summed E-state index contributed by atoms with van der Waals surface area (Å²) in [5, 5.41) is 4.20. The van der Waals surface area contributed by atoms with E-state index >= 15 is 0 Å². The highest BCUT2D eigenvalue weighted by atomic mass is 16.5. The molecule has 0 saturated heterocycles. The van der Waals surface area contributed by atoms with Crippen LogP contribution in [-0.4, -0.2) is 31.3 Å². The topological polar surface area (TPSA) is 69.7 Å². The van der Waals surface area contributed by atoms with E-state index < -0.39 is 5.97 Å². The van der Waals surface area contributed by atoms with Crippen LogP contribution < -0.4 is 14.8 Å². The van der Waals surface area contributed by atoms with Gasteiger partial charge in [-0.25, -0.2) is 9.78 Å². The lowest BCUT2D eigenvalue weighted by molar-refractivity contribution is 0.0594. The van der Waals surface area contributed by atoms with Crippen molar-refractivity contribution in [1.29, 1.82) is 0 Å². The zero-order valence-electron chi connectivity index (χ0n) is 15.6. The lowest BCUT2D eigenvalue weighted by atomic mass is 10.1. The number of rotatable bonds is 7. The number of esters is 1. The number of carbonyl (C=O) groups is 1. The molecule has 6 heteroatoms. The van der Waals surface area contributed by atoms with Crippen molar-refractivity contribution in [3.63, 3.8) is 0 Å². The van der Waals surface area contributed by atoms with Crippen molar-refractivity contribution >= 4 is 28.2 Å². The number of methoxy groups -OCH3 is 1. The molecule has 2 aromatic carbocycles. The molecule has 3 aromatic rings. The van der Waals surface area contributed by atoms with Gasteiger partial charge in [-0.2, -0.15) is 0 Å².